The van der Waals surface area contributed by atoms with Gasteiger partial charge in [0.15, 0.2) is 11.5 Å². The minimum atomic E-state index is -1.16. The predicted molar refractivity (Wildman–Crippen MR) is 104 cm³/mol. The second kappa shape index (κ2) is 11.2. The van der Waals surface area contributed by atoms with Crippen molar-refractivity contribution in [2.75, 3.05) is 13.2 Å². The molecular formula is C20H30N2O6. The molecule has 1 aromatic carbocycles. The first kappa shape index (κ1) is 23.3. The first-order valence-corrected chi connectivity index (χ1v) is 9.38. The molecule has 0 saturated carbocycles. The summed E-state index contributed by atoms with van der Waals surface area (Å²) >= 11 is 0. The summed E-state index contributed by atoms with van der Waals surface area (Å²) in [7, 11) is 0. The fraction of sp³-hybridized carbons (Fsp3) is 0.550. The average molecular weight is 394 g/mol. The molecule has 3 N–H and O–H groups in total. The van der Waals surface area contributed by atoms with Gasteiger partial charge in [-0.15, -0.1) is 0 Å². The number of carbonyl (C=O) groups excluding carboxylic acids is 2. The quantitative estimate of drug-likeness (QED) is 0.527. The van der Waals surface area contributed by atoms with Crippen LogP contribution in [0.4, 0.5) is 0 Å². The Morgan fingerprint density at radius 1 is 1.04 bits per heavy atom. The number of hydrogen-bond donors (Lipinski definition) is 3. The minimum absolute atomic E-state index is 0.0679. The number of rotatable bonds is 11. The molecule has 1 aromatic rings. The van der Waals surface area contributed by atoms with Crippen molar-refractivity contribution in [1.29, 1.82) is 0 Å². The molecule has 0 spiro atoms. The van der Waals surface area contributed by atoms with Crippen LogP contribution in [0, 0.1) is 5.92 Å². The third-order valence-corrected chi connectivity index (χ3v) is 3.97. The molecule has 156 valence electrons. The molecule has 0 saturated heterocycles. The van der Waals surface area contributed by atoms with Crippen molar-refractivity contribution >= 4 is 17.8 Å². The maximum Gasteiger partial charge on any atom is 0.326 e. The number of carboxylic acids is 1. The maximum absolute atomic E-state index is 12.5. The van der Waals surface area contributed by atoms with Crippen LogP contribution in [0.25, 0.3) is 0 Å². The Kier molecular flexibility index (Phi) is 9.27. The lowest BCUT2D eigenvalue weighted by atomic mass is 10.0. The van der Waals surface area contributed by atoms with E-state index in [-0.39, 0.29) is 18.2 Å². The summed E-state index contributed by atoms with van der Waals surface area (Å²) in [6, 6.07) is 3.22. The van der Waals surface area contributed by atoms with Crippen LogP contribution in [0.2, 0.25) is 0 Å². The van der Waals surface area contributed by atoms with Gasteiger partial charge in [-0.3, -0.25) is 9.59 Å². The minimum Gasteiger partial charge on any atom is -0.490 e. The molecule has 0 aliphatic heterocycles. The maximum atomic E-state index is 12.5. The summed E-state index contributed by atoms with van der Waals surface area (Å²) in [6.45, 7) is 9.49. The fourth-order valence-electron chi connectivity index (χ4n) is 2.67. The first-order chi connectivity index (χ1) is 13.2. The van der Waals surface area contributed by atoms with Gasteiger partial charge in [-0.1, -0.05) is 19.9 Å². The second-order valence-corrected chi connectivity index (χ2v) is 6.67. The number of amides is 2. The molecule has 1 rings (SSSR count). The standard InChI is InChI=1S/C20H30N2O6/c1-6-27-16-9-8-14(11-17(16)28-7-2)10-15(20(25)26)22-19(24)18(12(3)4)21-13(5)23/h8-9,11-12,15,18H,6-7,10H2,1-5H3,(H,21,23)(H,22,24)(H,25,26)/t15?,18-/m0/s1. The molecule has 0 bridgehead atoms. The van der Waals surface area contributed by atoms with Crippen LogP contribution in [0.5, 0.6) is 11.5 Å². The number of hydrogen-bond acceptors (Lipinski definition) is 5. The largest absolute Gasteiger partial charge is 0.490 e. The Morgan fingerprint density at radius 2 is 1.64 bits per heavy atom. The number of benzene rings is 1. The third kappa shape index (κ3) is 7.09. The van der Waals surface area contributed by atoms with Gasteiger partial charge in [0.25, 0.3) is 0 Å². The van der Waals surface area contributed by atoms with Gasteiger partial charge in [0, 0.05) is 13.3 Å². The van der Waals surface area contributed by atoms with Crippen LogP contribution in [0.15, 0.2) is 18.2 Å². The number of nitrogens with one attached hydrogen (secondary N) is 2. The zero-order valence-electron chi connectivity index (χ0n) is 17.1. The SMILES string of the molecule is CCOc1ccc(CC(NC(=O)[C@@H](NC(C)=O)C(C)C)C(=O)O)cc1OCC. The van der Waals surface area contributed by atoms with Crippen LogP contribution in [-0.2, 0) is 20.8 Å². The first-order valence-electron chi connectivity index (χ1n) is 9.38. The van der Waals surface area contributed by atoms with Crippen molar-refractivity contribution in [2.45, 2.75) is 53.1 Å². The van der Waals surface area contributed by atoms with E-state index in [1.807, 2.05) is 13.8 Å². The van der Waals surface area contributed by atoms with E-state index in [9.17, 15) is 19.5 Å². The highest BCUT2D eigenvalue weighted by Crippen LogP contribution is 2.29. The van der Waals surface area contributed by atoms with Crippen LogP contribution in [0.3, 0.4) is 0 Å². The average Bonchev–Trinajstić information content (AvgIpc) is 2.61. The van der Waals surface area contributed by atoms with Crippen LogP contribution in [0.1, 0.15) is 40.2 Å². The zero-order chi connectivity index (χ0) is 21.3. The number of ether oxygens (including phenoxy) is 2. The van der Waals surface area contributed by atoms with Gasteiger partial charge in [-0.2, -0.15) is 0 Å². The highest BCUT2D eigenvalue weighted by atomic mass is 16.5. The third-order valence-electron chi connectivity index (χ3n) is 3.97. The Bertz CT molecular complexity index is 689. The molecule has 0 aliphatic carbocycles. The van der Waals surface area contributed by atoms with E-state index in [0.29, 0.717) is 30.3 Å². The summed E-state index contributed by atoms with van der Waals surface area (Å²) < 4.78 is 11.1. The molecule has 2 atom stereocenters. The molecule has 0 aromatic heterocycles. The van der Waals surface area contributed by atoms with Gasteiger partial charge in [-0.25, -0.2) is 4.79 Å². The number of carbonyl (C=O) groups is 3. The molecule has 28 heavy (non-hydrogen) atoms. The molecular weight excluding hydrogens is 364 g/mol. The number of carboxylic acid groups (broad SMARTS) is 1. The fourth-order valence-corrected chi connectivity index (χ4v) is 2.67. The lowest BCUT2D eigenvalue weighted by molar-refractivity contribution is -0.142. The Morgan fingerprint density at radius 3 is 2.14 bits per heavy atom. The lowest BCUT2D eigenvalue weighted by Gasteiger charge is -2.23. The van der Waals surface area contributed by atoms with Crippen molar-refractivity contribution in [1.82, 2.24) is 10.6 Å². The lowest BCUT2D eigenvalue weighted by Crippen LogP contribution is -2.53. The van der Waals surface area contributed by atoms with E-state index in [4.69, 9.17) is 9.47 Å². The van der Waals surface area contributed by atoms with E-state index in [0.717, 1.165) is 0 Å². The van der Waals surface area contributed by atoms with Gasteiger partial charge < -0.3 is 25.2 Å². The van der Waals surface area contributed by atoms with Crippen LogP contribution in [-0.4, -0.2) is 48.2 Å². The summed E-state index contributed by atoms with van der Waals surface area (Å²) in [4.78, 5) is 35.5. The molecule has 8 nitrogen and oxygen atoms in total. The molecule has 0 radical (unpaired) electrons. The molecule has 8 heteroatoms. The highest BCUT2D eigenvalue weighted by molar-refractivity contribution is 5.90. The van der Waals surface area contributed by atoms with E-state index in [2.05, 4.69) is 10.6 Å². The van der Waals surface area contributed by atoms with Gasteiger partial charge in [-0.05, 0) is 37.5 Å². The van der Waals surface area contributed by atoms with E-state index in [1.54, 1.807) is 32.0 Å². The monoisotopic (exact) mass is 394 g/mol. The molecule has 2 amide bonds. The van der Waals surface area contributed by atoms with Crippen molar-refractivity contribution in [3.8, 4) is 11.5 Å². The Balaban J connectivity index is 2.98. The molecule has 0 heterocycles. The summed E-state index contributed by atoms with van der Waals surface area (Å²) in [5.74, 6) is -1.13. The Hall–Kier alpha value is -2.77. The Labute approximate surface area is 165 Å². The van der Waals surface area contributed by atoms with Gasteiger partial charge >= 0.3 is 5.97 Å². The molecule has 1 unspecified atom stereocenters. The topological polar surface area (TPSA) is 114 Å². The molecule has 0 fully saturated rings. The molecule has 0 aliphatic rings. The normalized spacial score (nSPS) is 12.8. The van der Waals surface area contributed by atoms with E-state index >= 15 is 0 Å². The zero-order valence-corrected chi connectivity index (χ0v) is 17.1. The van der Waals surface area contributed by atoms with Crippen LogP contribution < -0.4 is 20.1 Å². The van der Waals surface area contributed by atoms with Gasteiger partial charge in [0.2, 0.25) is 11.8 Å². The summed E-state index contributed by atoms with van der Waals surface area (Å²) in [6.07, 6.45) is 0.0679. The highest BCUT2D eigenvalue weighted by Gasteiger charge is 2.28. The van der Waals surface area contributed by atoms with E-state index in [1.165, 1.54) is 6.92 Å². The predicted octanol–water partition coefficient (Wildman–Crippen LogP) is 1.76. The summed E-state index contributed by atoms with van der Waals surface area (Å²) in [5, 5.41) is 14.6. The van der Waals surface area contributed by atoms with Crippen molar-refractivity contribution < 1.29 is 29.0 Å². The van der Waals surface area contributed by atoms with Gasteiger partial charge in [0.1, 0.15) is 12.1 Å². The van der Waals surface area contributed by atoms with E-state index < -0.39 is 24.0 Å². The van der Waals surface area contributed by atoms with Crippen molar-refractivity contribution in [2.24, 2.45) is 5.92 Å². The van der Waals surface area contributed by atoms with Crippen molar-refractivity contribution in [3.05, 3.63) is 23.8 Å². The van der Waals surface area contributed by atoms with Gasteiger partial charge in [0.05, 0.1) is 13.2 Å². The number of aliphatic carboxylic acids is 1. The van der Waals surface area contributed by atoms with Crippen LogP contribution >= 0.6 is 0 Å². The van der Waals surface area contributed by atoms with Crippen molar-refractivity contribution in [3.63, 3.8) is 0 Å². The second-order valence-electron chi connectivity index (χ2n) is 6.67. The summed E-state index contributed by atoms with van der Waals surface area (Å²) in [5.41, 5.74) is 0.681. The smallest absolute Gasteiger partial charge is 0.326 e.